The zero-order valence-corrected chi connectivity index (χ0v) is 14.6. The van der Waals surface area contributed by atoms with Crippen molar-refractivity contribution in [2.24, 2.45) is 7.05 Å². The molecule has 0 fully saturated rings. The minimum Gasteiger partial charge on any atom is -0.283 e. The van der Waals surface area contributed by atoms with Crippen LogP contribution in [0.4, 0.5) is 0 Å². The molecule has 0 atom stereocenters. The fraction of sp³-hybridized carbons (Fsp3) is 0.278. The molecule has 1 aromatic carbocycles. The summed E-state index contributed by atoms with van der Waals surface area (Å²) in [5.41, 5.74) is 3.27. The van der Waals surface area contributed by atoms with Crippen LogP contribution in [0.5, 0.6) is 0 Å². The Morgan fingerprint density at radius 2 is 1.76 bits per heavy atom. The Kier molecular flexibility index (Phi) is 3.21. The Balaban J connectivity index is 2.17. The third-order valence-corrected chi connectivity index (χ3v) is 4.63. The Labute approximate surface area is 143 Å². The van der Waals surface area contributed by atoms with Gasteiger partial charge in [0.2, 0.25) is 5.78 Å². The van der Waals surface area contributed by atoms with Crippen LogP contribution in [0.25, 0.3) is 22.6 Å². The van der Waals surface area contributed by atoms with Gasteiger partial charge in [0.05, 0.1) is 0 Å². The van der Waals surface area contributed by atoms with Gasteiger partial charge in [-0.1, -0.05) is 17.7 Å². The molecule has 0 aliphatic carbocycles. The first kappa shape index (κ1) is 15.4. The number of rotatable bonds is 2. The van der Waals surface area contributed by atoms with Gasteiger partial charge >= 0.3 is 5.69 Å². The molecule has 0 N–H and O–H groups in total. The normalized spacial score (nSPS) is 11.7. The van der Waals surface area contributed by atoms with Gasteiger partial charge in [-0.3, -0.25) is 22.9 Å². The lowest BCUT2D eigenvalue weighted by molar-refractivity contribution is 0.637. The Morgan fingerprint density at radius 3 is 2.40 bits per heavy atom. The summed E-state index contributed by atoms with van der Waals surface area (Å²) in [6.07, 6.45) is 1.89. The van der Waals surface area contributed by atoms with Gasteiger partial charge < -0.3 is 0 Å². The van der Waals surface area contributed by atoms with Crippen LogP contribution in [0.2, 0.25) is 0 Å². The van der Waals surface area contributed by atoms with Gasteiger partial charge in [-0.05, 0) is 32.9 Å². The van der Waals surface area contributed by atoms with Crippen molar-refractivity contribution >= 4 is 16.9 Å². The summed E-state index contributed by atoms with van der Waals surface area (Å²) in [5, 5.41) is 0. The van der Waals surface area contributed by atoms with Crippen molar-refractivity contribution in [3.63, 3.8) is 0 Å². The van der Waals surface area contributed by atoms with Crippen molar-refractivity contribution in [2.45, 2.75) is 27.3 Å². The second kappa shape index (κ2) is 5.20. The van der Waals surface area contributed by atoms with Crippen LogP contribution in [0.15, 0.2) is 40.1 Å². The van der Waals surface area contributed by atoms with Crippen LogP contribution in [-0.2, 0) is 13.6 Å². The average molecular weight is 337 g/mol. The smallest absolute Gasteiger partial charge is 0.283 e. The fourth-order valence-corrected chi connectivity index (χ4v) is 3.30. The summed E-state index contributed by atoms with van der Waals surface area (Å²) >= 11 is 0. The second-order valence-electron chi connectivity index (χ2n) is 6.29. The number of hydrogen-bond donors (Lipinski definition) is 0. The van der Waals surface area contributed by atoms with Gasteiger partial charge in [0.25, 0.3) is 5.56 Å². The molecular weight excluding hydrogens is 318 g/mol. The molecule has 0 saturated carbocycles. The summed E-state index contributed by atoms with van der Waals surface area (Å²) in [6.45, 7) is 6.12. The Bertz CT molecular complexity index is 1240. The fourth-order valence-electron chi connectivity index (χ4n) is 3.30. The van der Waals surface area contributed by atoms with Gasteiger partial charge in [-0.25, -0.2) is 4.79 Å². The van der Waals surface area contributed by atoms with Crippen LogP contribution >= 0.6 is 0 Å². The maximum absolute atomic E-state index is 12.8. The van der Waals surface area contributed by atoms with Crippen LogP contribution < -0.4 is 11.2 Å². The lowest BCUT2D eigenvalue weighted by atomic mass is 10.2. The van der Waals surface area contributed by atoms with E-state index in [2.05, 4.69) is 4.98 Å². The summed E-state index contributed by atoms with van der Waals surface area (Å²) in [7, 11) is 1.64. The summed E-state index contributed by atoms with van der Waals surface area (Å²) < 4.78 is 6.43. The van der Waals surface area contributed by atoms with E-state index in [0.29, 0.717) is 23.5 Å². The van der Waals surface area contributed by atoms with Crippen LogP contribution in [0.3, 0.4) is 0 Å². The molecule has 7 nitrogen and oxygen atoms in total. The molecule has 0 saturated heterocycles. The Morgan fingerprint density at radius 1 is 1.08 bits per heavy atom. The average Bonchev–Trinajstić information content (AvgIpc) is 3.09. The largest absolute Gasteiger partial charge is 0.332 e. The van der Waals surface area contributed by atoms with E-state index in [1.54, 1.807) is 18.4 Å². The van der Waals surface area contributed by atoms with Crippen LogP contribution in [0, 0.1) is 13.8 Å². The Hall–Kier alpha value is -3.09. The van der Waals surface area contributed by atoms with E-state index in [0.717, 1.165) is 11.4 Å². The van der Waals surface area contributed by atoms with E-state index in [1.807, 2.05) is 48.9 Å². The third-order valence-electron chi connectivity index (χ3n) is 4.63. The SMILES string of the molecule is CCn1c(=O)c2c(nc3n(-c4ccc(C)cc4)c(C)cn23)n(C)c1=O. The molecule has 25 heavy (non-hydrogen) atoms. The molecule has 4 aromatic rings. The van der Waals surface area contributed by atoms with E-state index < -0.39 is 0 Å². The zero-order valence-electron chi connectivity index (χ0n) is 14.6. The monoisotopic (exact) mass is 337 g/mol. The van der Waals surface area contributed by atoms with E-state index in [-0.39, 0.29) is 11.2 Å². The molecule has 3 aromatic heterocycles. The number of aromatic nitrogens is 5. The van der Waals surface area contributed by atoms with Crippen LogP contribution in [-0.4, -0.2) is 23.1 Å². The molecule has 7 heteroatoms. The first-order valence-electron chi connectivity index (χ1n) is 8.21. The summed E-state index contributed by atoms with van der Waals surface area (Å²) in [6, 6.07) is 8.11. The molecule has 128 valence electrons. The molecule has 0 unspecified atom stereocenters. The third kappa shape index (κ3) is 2.02. The molecule has 3 heterocycles. The summed E-state index contributed by atoms with van der Waals surface area (Å²) in [4.78, 5) is 29.8. The first-order valence-corrected chi connectivity index (χ1v) is 8.21. The lowest BCUT2D eigenvalue weighted by Gasteiger charge is -2.06. The number of aryl methyl sites for hydroxylation is 3. The maximum atomic E-state index is 12.8. The zero-order chi connectivity index (χ0) is 17.9. The van der Waals surface area contributed by atoms with Crippen molar-refractivity contribution in [3.05, 3.63) is 62.6 Å². The predicted molar refractivity (Wildman–Crippen MR) is 96.7 cm³/mol. The van der Waals surface area contributed by atoms with Crippen LogP contribution in [0.1, 0.15) is 18.2 Å². The minimum atomic E-state index is -0.348. The van der Waals surface area contributed by atoms with Gasteiger partial charge in [0.1, 0.15) is 0 Å². The molecular formula is C18H19N5O2. The quantitative estimate of drug-likeness (QED) is 0.560. The highest BCUT2D eigenvalue weighted by Crippen LogP contribution is 2.21. The van der Waals surface area contributed by atoms with Crippen molar-refractivity contribution in [2.75, 3.05) is 0 Å². The number of hydrogen-bond acceptors (Lipinski definition) is 3. The van der Waals surface area contributed by atoms with E-state index in [1.165, 1.54) is 14.7 Å². The highest BCUT2D eigenvalue weighted by atomic mass is 16.2. The predicted octanol–water partition coefficient (Wildman–Crippen LogP) is 1.78. The highest BCUT2D eigenvalue weighted by molar-refractivity contribution is 5.76. The van der Waals surface area contributed by atoms with E-state index >= 15 is 0 Å². The molecule has 0 bridgehead atoms. The number of nitrogens with zero attached hydrogens (tertiary/aromatic N) is 5. The molecule has 0 amide bonds. The lowest BCUT2D eigenvalue weighted by Crippen LogP contribution is -2.38. The van der Waals surface area contributed by atoms with Gasteiger partial charge in [0, 0.05) is 31.2 Å². The highest BCUT2D eigenvalue weighted by Gasteiger charge is 2.20. The molecule has 0 spiro atoms. The summed E-state index contributed by atoms with van der Waals surface area (Å²) in [5.74, 6) is 0.623. The topological polar surface area (TPSA) is 66.2 Å². The first-order chi connectivity index (χ1) is 11.9. The molecule has 0 radical (unpaired) electrons. The number of benzene rings is 1. The van der Waals surface area contributed by atoms with Crippen molar-refractivity contribution in [1.82, 2.24) is 23.1 Å². The maximum Gasteiger partial charge on any atom is 0.332 e. The molecule has 0 aliphatic heterocycles. The second-order valence-corrected chi connectivity index (χ2v) is 6.29. The molecule has 0 aliphatic rings. The molecule has 4 rings (SSSR count). The number of fused-ring (bicyclic) bond motifs is 3. The van der Waals surface area contributed by atoms with Crippen molar-refractivity contribution < 1.29 is 0 Å². The van der Waals surface area contributed by atoms with Gasteiger partial charge in [-0.15, -0.1) is 0 Å². The standard InChI is InChI=1S/C18H19N5O2/c1-5-21-16(24)14-15(20(4)18(21)25)19-17-22(14)10-12(3)23(17)13-8-6-11(2)7-9-13/h6-10H,5H2,1-4H3. The van der Waals surface area contributed by atoms with Gasteiger partial charge in [-0.2, -0.15) is 4.98 Å². The van der Waals surface area contributed by atoms with E-state index in [9.17, 15) is 9.59 Å². The van der Waals surface area contributed by atoms with Crippen molar-refractivity contribution in [3.8, 4) is 5.69 Å². The van der Waals surface area contributed by atoms with E-state index in [4.69, 9.17) is 0 Å². The van der Waals surface area contributed by atoms with Crippen molar-refractivity contribution in [1.29, 1.82) is 0 Å². The van der Waals surface area contributed by atoms with Gasteiger partial charge in [0.15, 0.2) is 11.2 Å². The number of imidazole rings is 2. The minimum absolute atomic E-state index is 0.311.